The van der Waals surface area contributed by atoms with Crippen LogP contribution in [-0.2, 0) is 6.54 Å². The zero-order chi connectivity index (χ0) is 23.5. The van der Waals surface area contributed by atoms with E-state index in [1.54, 1.807) is 42.5 Å². The Morgan fingerprint density at radius 2 is 1.79 bits per heavy atom. The van der Waals surface area contributed by atoms with Gasteiger partial charge in [0, 0.05) is 12.1 Å². The van der Waals surface area contributed by atoms with Crippen LogP contribution in [0, 0.1) is 0 Å². The Kier molecular flexibility index (Phi) is 6.16. The molecule has 1 aliphatic rings. The van der Waals surface area contributed by atoms with E-state index in [1.165, 1.54) is 21.3 Å². The number of nitrogens with zero attached hydrogens (tertiary/aromatic N) is 3. The smallest absolute Gasteiger partial charge is 0.352 e. The molecule has 2 aromatic carbocycles. The van der Waals surface area contributed by atoms with Crippen LogP contribution in [0.15, 0.2) is 52.1 Å². The molecule has 10 heteroatoms. The molecule has 1 heterocycles. The Bertz CT molecular complexity index is 1310. The minimum atomic E-state index is -0.766. The van der Waals surface area contributed by atoms with E-state index in [1.807, 2.05) is 0 Å². The fourth-order valence-electron chi connectivity index (χ4n) is 3.36. The number of rotatable bonds is 8. The molecule has 1 saturated carbocycles. The molecular weight excluding hydrogens is 428 g/mol. The van der Waals surface area contributed by atoms with Crippen LogP contribution in [0.3, 0.4) is 0 Å². The lowest BCUT2D eigenvalue weighted by atomic mass is 10.2. The number of carbonyl (C=O) groups excluding carboxylic acids is 1. The first-order chi connectivity index (χ1) is 15.9. The van der Waals surface area contributed by atoms with Crippen LogP contribution < -0.4 is 30.8 Å². The minimum absolute atomic E-state index is 0.0204. The average molecular weight is 452 g/mol. The van der Waals surface area contributed by atoms with E-state index < -0.39 is 17.2 Å². The van der Waals surface area contributed by atoms with Crippen molar-refractivity contribution >= 4 is 5.91 Å². The molecule has 0 atom stereocenters. The molecule has 33 heavy (non-hydrogen) atoms. The Morgan fingerprint density at radius 3 is 2.45 bits per heavy atom. The number of methoxy groups -OCH3 is 3. The fourth-order valence-corrected chi connectivity index (χ4v) is 3.36. The van der Waals surface area contributed by atoms with Crippen LogP contribution in [0.25, 0.3) is 5.69 Å². The molecule has 0 aliphatic heterocycles. The van der Waals surface area contributed by atoms with E-state index in [4.69, 9.17) is 14.2 Å². The highest BCUT2D eigenvalue weighted by molar-refractivity contribution is 5.92. The summed E-state index contributed by atoms with van der Waals surface area (Å²) in [7, 11) is 4.49. The van der Waals surface area contributed by atoms with E-state index in [-0.39, 0.29) is 18.3 Å². The van der Waals surface area contributed by atoms with E-state index in [2.05, 4.69) is 10.4 Å². The van der Waals surface area contributed by atoms with Crippen LogP contribution in [0.2, 0.25) is 0 Å². The topological polar surface area (TPSA) is 114 Å². The Labute approximate surface area is 189 Å². The lowest BCUT2D eigenvalue weighted by Gasteiger charge is -2.14. The molecule has 1 aromatic heterocycles. The maximum Gasteiger partial charge on any atom is 0.352 e. The first kappa shape index (κ1) is 22.1. The molecule has 10 nitrogen and oxygen atoms in total. The highest BCUT2D eigenvalue weighted by Crippen LogP contribution is 2.28. The summed E-state index contributed by atoms with van der Waals surface area (Å²) in [6.45, 7) is -0.0611. The summed E-state index contributed by atoms with van der Waals surface area (Å²) in [5.41, 5.74) is -0.848. The molecule has 1 amide bonds. The summed E-state index contributed by atoms with van der Waals surface area (Å²) in [6, 6.07) is 11.8. The first-order valence-electron chi connectivity index (χ1n) is 10.4. The molecule has 1 aliphatic carbocycles. The van der Waals surface area contributed by atoms with E-state index in [0.29, 0.717) is 28.5 Å². The molecule has 0 saturated heterocycles. The Balaban J connectivity index is 1.87. The SMILES string of the molecule is COc1cccc(Cn2c(=O)c(C(=O)NC3CC3)nn(-c3ccc(OC)c(OC)c3)c2=O)c1. The van der Waals surface area contributed by atoms with Gasteiger partial charge in [0.1, 0.15) is 5.75 Å². The third kappa shape index (κ3) is 4.59. The van der Waals surface area contributed by atoms with Crippen molar-refractivity contribution in [2.24, 2.45) is 0 Å². The number of ether oxygens (including phenoxy) is 3. The second-order valence-electron chi connectivity index (χ2n) is 7.57. The molecule has 0 spiro atoms. The molecule has 0 bridgehead atoms. The number of amides is 1. The number of carbonyl (C=O) groups is 1. The number of nitrogens with one attached hydrogen (secondary N) is 1. The Hall–Kier alpha value is -4.08. The van der Waals surface area contributed by atoms with Gasteiger partial charge in [0.2, 0.25) is 5.69 Å². The fraction of sp³-hybridized carbons (Fsp3) is 0.304. The van der Waals surface area contributed by atoms with Crippen molar-refractivity contribution < 1.29 is 19.0 Å². The zero-order valence-corrected chi connectivity index (χ0v) is 18.5. The van der Waals surface area contributed by atoms with Crippen molar-refractivity contribution in [3.63, 3.8) is 0 Å². The molecule has 3 aromatic rings. The van der Waals surface area contributed by atoms with E-state index in [9.17, 15) is 14.4 Å². The predicted molar refractivity (Wildman–Crippen MR) is 120 cm³/mol. The lowest BCUT2D eigenvalue weighted by molar-refractivity contribution is 0.0941. The van der Waals surface area contributed by atoms with Gasteiger partial charge in [-0.25, -0.2) is 4.79 Å². The van der Waals surface area contributed by atoms with Gasteiger partial charge in [-0.1, -0.05) is 12.1 Å². The van der Waals surface area contributed by atoms with Crippen LogP contribution in [-0.4, -0.2) is 47.6 Å². The zero-order valence-electron chi connectivity index (χ0n) is 18.5. The van der Waals surface area contributed by atoms with Crippen LogP contribution in [0.4, 0.5) is 0 Å². The first-order valence-corrected chi connectivity index (χ1v) is 10.4. The quantitative estimate of drug-likeness (QED) is 0.549. The molecule has 4 rings (SSSR count). The van der Waals surface area contributed by atoms with Gasteiger partial charge in [0.05, 0.1) is 33.6 Å². The van der Waals surface area contributed by atoms with Gasteiger partial charge in [-0.2, -0.15) is 9.78 Å². The maximum atomic E-state index is 13.3. The summed E-state index contributed by atoms with van der Waals surface area (Å²) >= 11 is 0. The summed E-state index contributed by atoms with van der Waals surface area (Å²) in [5.74, 6) is 0.807. The summed E-state index contributed by atoms with van der Waals surface area (Å²) in [6.07, 6.45) is 1.69. The van der Waals surface area contributed by atoms with Crippen LogP contribution >= 0.6 is 0 Å². The van der Waals surface area contributed by atoms with Crippen LogP contribution in [0.1, 0.15) is 28.9 Å². The number of hydrogen-bond acceptors (Lipinski definition) is 7. The lowest BCUT2D eigenvalue weighted by Crippen LogP contribution is -2.46. The van der Waals surface area contributed by atoms with Crippen molar-refractivity contribution in [2.45, 2.75) is 25.4 Å². The normalized spacial score (nSPS) is 12.8. The summed E-state index contributed by atoms with van der Waals surface area (Å²) in [4.78, 5) is 39.3. The van der Waals surface area contributed by atoms with Crippen molar-refractivity contribution in [3.8, 4) is 22.9 Å². The number of hydrogen-bond donors (Lipinski definition) is 1. The Morgan fingerprint density at radius 1 is 1.03 bits per heavy atom. The highest BCUT2D eigenvalue weighted by Gasteiger charge is 2.27. The van der Waals surface area contributed by atoms with Gasteiger partial charge in [0.25, 0.3) is 11.5 Å². The van der Waals surface area contributed by atoms with Crippen molar-refractivity contribution in [3.05, 3.63) is 74.6 Å². The van der Waals surface area contributed by atoms with Crippen molar-refractivity contribution in [1.29, 1.82) is 0 Å². The van der Waals surface area contributed by atoms with E-state index >= 15 is 0 Å². The standard InChI is InChI=1S/C23H24N4O6/c1-31-17-6-4-5-14(11-17)13-26-22(29)20(21(28)24-15-7-8-15)25-27(23(26)30)16-9-10-18(32-2)19(12-16)33-3/h4-6,9-12,15H,7-8,13H2,1-3H3,(H,24,28). The van der Waals surface area contributed by atoms with Crippen molar-refractivity contribution in [2.75, 3.05) is 21.3 Å². The summed E-state index contributed by atoms with van der Waals surface area (Å²) in [5, 5.41) is 6.89. The highest BCUT2D eigenvalue weighted by atomic mass is 16.5. The second kappa shape index (κ2) is 9.19. The molecule has 1 fully saturated rings. The van der Waals surface area contributed by atoms with Gasteiger partial charge >= 0.3 is 5.69 Å². The van der Waals surface area contributed by atoms with Gasteiger partial charge in [-0.3, -0.25) is 14.2 Å². The van der Waals surface area contributed by atoms with Gasteiger partial charge in [-0.05, 0) is 42.7 Å². The van der Waals surface area contributed by atoms with Gasteiger partial charge in [0.15, 0.2) is 11.5 Å². The molecular formula is C23H24N4O6. The van der Waals surface area contributed by atoms with E-state index in [0.717, 1.165) is 22.1 Å². The number of aromatic nitrogens is 3. The summed E-state index contributed by atoms with van der Waals surface area (Å²) < 4.78 is 17.8. The van der Waals surface area contributed by atoms with Crippen LogP contribution in [0.5, 0.6) is 17.2 Å². The maximum absolute atomic E-state index is 13.3. The molecule has 172 valence electrons. The van der Waals surface area contributed by atoms with Gasteiger partial charge in [-0.15, -0.1) is 0 Å². The monoisotopic (exact) mass is 452 g/mol. The third-order valence-corrected chi connectivity index (χ3v) is 5.27. The van der Waals surface area contributed by atoms with Gasteiger partial charge < -0.3 is 19.5 Å². The minimum Gasteiger partial charge on any atom is -0.497 e. The third-order valence-electron chi connectivity index (χ3n) is 5.27. The second-order valence-corrected chi connectivity index (χ2v) is 7.57. The average Bonchev–Trinajstić information content (AvgIpc) is 3.65. The number of benzene rings is 2. The molecule has 0 radical (unpaired) electrons. The van der Waals surface area contributed by atoms with Crippen molar-refractivity contribution in [1.82, 2.24) is 19.7 Å². The molecule has 1 N–H and O–H groups in total. The predicted octanol–water partition coefficient (Wildman–Crippen LogP) is 1.36. The largest absolute Gasteiger partial charge is 0.497 e. The molecule has 0 unspecified atom stereocenters.